The SMILES string of the molecule is C.C.C.CC.CC.CC.CC.CO[Si](C)(OC)OC.P=S. The van der Waals surface area contributed by atoms with E-state index in [1.54, 1.807) is 21.3 Å². The average molecular weight is 369 g/mol. The summed E-state index contributed by atoms with van der Waals surface area (Å²) in [5, 5.41) is 0. The molecule has 0 aromatic rings. The highest BCUT2D eigenvalue weighted by atomic mass is 32.4. The van der Waals surface area contributed by atoms with Crippen LogP contribution in [0.1, 0.15) is 77.7 Å². The fourth-order valence-electron chi connectivity index (χ4n) is 0.250. The van der Waals surface area contributed by atoms with Gasteiger partial charge in [0.1, 0.15) is 0 Å². The van der Waals surface area contributed by atoms with Gasteiger partial charge in [0, 0.05) is 27.9 Å². The van der Waals surface area contributed by atoms with Crippen molar-refractivity contribution in [1.82, 2.24) is 0 Å². The first-order chi connectivity index (χ1) is 8.68. The van der Waals surface area contributed by atoms with Crippen LogP contribution in [-0.4, -0.2) is 30.1 Å². The summed E-state index contributed by atoms with van der Waals surface area (Å²) >= 11 is 3.89. The summed E-state index contributed by atoms with van der Waals surface area (Å²) in [6.07, 6.45) is 0. The Morgan fingerprint density at radius 1 is 0.571 bits per heavy atom. The summed E-state index contributed by atoms with van der Waals surface area (Å²) in [5.41, 5.74) is 0. The molecule has 6 heteroatoms. The summed E-state index contributed by atoms with van der Waals surface area (Å²) in [6.45, 7) is 17.8. The maximum absolute atomic E-state index is 4.93. The number of hydrogen-bond donors (Lipinski definition) is 0. The molecule has 0 heterocycles. The fraction of sp³-hybridized carbons (Fsp3) is 1.00. The predicted octanol–water partition coefficient (Wildman–Crippen LogP) is 7.10. The second-order valence-corrected chi connectivity index (χ2v) is 4.42. The molecule has 0 aromatic heterocycles. The molecule has 0 N–H and O–H groups in total. The van der Waals surface area contributed by atoms with Gasteiger partial charge < -0.3 is 13.3 Å². The topological polar surface area (TPSA) is 27.7 Å². The Balaban J connectivity index is -0.0000000137. The lowest BCUT2D eigenvalue weighted by Gasteiger charge is -2.18. The molecule has 0 rings (SSSR count). The van der Waals surface area contributed by atoms with Crippen LogP contribution in [0.25, 0.3) is 0 Å². The largest absolute Gasteiger partial charge is 0.496 e. The normalized spacial score (nSPS) is 5.90. The molecule has 0 spiro atoms. The molecule has 0 bridgehead atoms. The summed E-state index contributed by atoms with van der Waals surface area (Å²) < 4.78 is 14.8. The van der Waals surface area contributed by atoms with Gasteiger partial charge in [0.05, 0.1) is 0 Å². The first-order valence-corrected chi connectivity index (χ1v) is 10.4. The van der Waals surface area contributed by atoms with Crippen molar-refractivity contribution in [2.75, 3.05) is 21.3 Å². The third-order valence-electron chi connectivity index (χ3n) is 1.11. The molecular weight excluding hydrogens is 319 g/mol. The van der Waals surface area contributed by atoms with E-state index >= 15 is 0 Å². The zero-order valence-corrected chi connectivity index (χ0v) is 17.4. The van der Waals surface area contributed by atoms with Crippen molar-refractivity contribution in [3.05, 3.63) is 0 Å². The van der Waals surface area contributed by atoms with E-state index in [1.807, 2.05) is 61.9 Å². The molecule has 0 aliphatic carbocycles. The van der Waals surface area contributed by atoms with Gasteiger partial charge in [-0.05, 0) is 8.02 Å². The zero-order valence-electron chi connectivity index (χ0n) is 14.6. The van der Waals surface area contributed by atoms with Gasteiger partial charge in [0.15, 0.2) is 0 Å². The second-order valence-electron chi connectivity index (χ2n) is 1.47. The van der Waals surface area contributed by atoms with Crippen molar-refractivity contribution in [3.63, 3.8) is 0 Å². The van der Waals surface area contributed by atoms with E-state index < -0.39 is 8.80 Å². The smallest absolute Gasteiger partial charge is 0.377 e. The van der Waals surface area contributed by atoms with Crippen molar-refractivity contribution < 1.29 is 13.3 Å². The van der Waals surface area contributed by atoms with Crippen LogP contribution in [0.2, 0.25) is 6.55 Å². The van der Waals surface area contributed by atoms with E-state index in [-0.39, 0.29) is 22.3 Å². The van der Waals surface area contributed by atoms with E-state index in [4.69, 9.17) is 13.3 Å². The van der Waals surface area contributed by atoms with Crippen molar-refractivity contribution in [1.29, 1.82) is 0 Å². The van der Waals surface area contributed by atoms with Crippen LogP contribution in [0.5, 0.6) is 0 Å². The molecule has 0 amide bonds. The van der Waals surface area contributed by atoms with Gasteiger partial charge >= 0.3 is 8.80 Å². The van der Waals surface area contributed by atoms with Crippen LogP contribution in [0, 0.1) is 0 Å². The van der Waals surface area contributed by atoms with Crippen LogP contribution in [0.15, 0.2) is 0 Å². The summed E-state index contributed by atoms with van der Waals surface area (Å²) in [5.74, 6) is 0. The maximum atomic E-state index is 4.93. The van der Waals surface area contributed by atoms with Crippen molar-refractivity contribution in [3.8, 4) is 0 Å². The van der Waals surface area contributed by atoms with Gasteiger partial charge in [0.25, 0.3) is 0 Å². The minimum absolute atomic E-state index is 0. The summed E-state index contributed by atoms with van der Waals surface area (Å²) in [6, 6.07) is 0. The van der Waals surface area contributed by atoms with Gasteiger partial charge in [0.2, 0.25) is 0 Å². The van der Waals surface area contributed by atoms with Crippen LogP contribution >= 0.6 is 8.02 Å². The third kappa shape index (κ3) is 77.3. The van der Waals surface area contributed by atoms with Gasteiger partial charge in [-0.2, -0.15) is 0 Å². The zero-order chi connectivity index (χ0) is 16.6. The molecule has 0 fully saturated rings. The molecule has 142 valence electrons. The molecule has 0 unspecified atom stereocenters. The Bertz CT molecular complexity index is 81.1. The lowest BCUT2D eigenvalue weighted by molar-refractivity contribution is 0.132. The third-order valence-corrected chi connectivity index (χ3v) is 3.34. The number of hydrogen-bond acceptors (Lipinski definition) is 4. The van der Waals surface area contributed by atoms with Crippen LogP contribution < -0.4 is 0 Å². The second kappa shape index (κ2) is 85.8. The predicted molar refractivity (Wildman–Crippen MR) is 114 cm³/mol. The minimum Gasteiger partial charge on any atom is -0.377 e. The maximum Gasteiger partial charge on any atom is 0.496 e. The van der Waals surface area contributed by atoms with Crippen molar-refractivity contribution in [2.24, 2.45) is 0 Å². The fourth-order valence-corrected chi connectivity index (χ4v) is 0.750. The van der Waals surface area contributed by atoms with Gasteiger partial charge in [-0.25, -0.2) is 0 Å². The molecular formula is C15H49O3PSSi. The van der Waals surface area contributed by atoms with E-state index in [0.29, 0.717) is 0 Å². The monoisotopic (exact) mass is 368 g/mol. The van der Waals surface area contributed by atoms with Crippen molar-refractivity contribution in [2.45, 2.75) is 84.2 Å². The van der Waals surface area contributed by atoms with Crippen LogP contribution in [0.3, 0.4) is 0 Å². The van der Waals surface area contributed by atoms with Gasteiger partial charge in [-0.15, -0.1) is 0 Å². The molecule has 0 aliphatic rings. The number of rotatable bonds is 3. The molecule has 0 aromatic carbocycles. The molecule has 21 heavy (non-hydrogen) atoms. The summed E-state index contributed by atoms with van der Waals surface area (Å²) in [7, 11) is 5.13. The van der Waals surface area contributed by atoms with E-state index in [0.717, 1.165) is 0 Å². The standard InChI is InChI=1S/C4H12O3Si.4C2H6.3CH4.HPS/c1-5-8(4,6-2)7-3;4*1-2;;;;1-2/h1-4H3;4*1-2H3;3*1H4;1H. The molecule has 3 nitrogen and oxygen atoms in total. The first kappa shape index (κ1) is 57.7. The average Bonchev–Trinajstić information content (AvgIpc) is 2.56. The molecule has 0 saturated heterocycles. The van der Waals surface area contributed by atoms with Crippen LogP contribution in [-0.2, 0) is 25.1 Å². The molecule has 0 atom stereocenters. The Hall–Kier alpha value is 0.617. The Kier molecular flexibility index (Phi) is 236. The Morgan fingerprint density at radius 3 is 0.667 bits per heavy atom. The molecule has 0 radical (unpaired) electrons. The molecule has 0 saturated carbocycles. The van der Waals surface area contributed by atoms with Gasteiger partial charge in [-0.3, -0.25) is 0 Å². The lowest BCUT2D eigenvalue weighted by Crippen LogP contribution is -2.38. The van der Waals surface area contributed by atoms with E-state index in [1.165, 1.54) is 0 Å². The van der Waals surface area contributed by atoms with Crippen molar-refractivity contribution >= 4 is 28.6 Å². The highest BCUT2D eigenvalue weighted by Crippen LogP contribution is 2.02. The quantitative estimate of drug-likeness (QED) is 0.392. The highest BCUT2D eigenvalue weighted by Gasteiger charge is 2.29. The summed E-state index contributed by atoms with van der Waals surface area (Å²) in [4.78, 5) is 0. The lowest BCUT2D eigenvalue weighted by atomic mass is 11.0. The van der Waals surface area contributed by atoms with E-state index in [9.17, 15) is 0 Å². The highest BCUT2D eigenvalue weighted by molar-refractivity contribution is 7.88. The Labute approximate surface area is 147 Å². The van der Waals surface area contributed by atoms with Gasteiger partial charge in [-0.1, -0.05) is 89.5 Å². The Morgan fingerprint density at radius 2 is 0.667 bits per heavy atom. The molecule has 0 aliphatic heterocycles. The van der Waals surface area contributed by atoms with Crippen LogP contribution in [0.4, 0.5) is 0 Å². The minimum atomic E-state index is -2.17. The first-order valence-electron chi connectivity index (χ1n) is 6.54. The van der Waals surface area contributed by atoms with E-state index in [2.05, 4.69) is 19.8 Å².